The van der Waals surface area contributed by atoms with Crippen LogP contribution in [0.3, 0.4) is 0 Å². The lowest BCUT2D eigenvalue weighted by Crippen LogP contribution is -2.37. The van der Waals surface area contributed by atoms with Crippen LogP contribution in [0.5, 0.6) is 5.75 Å². The molecule has 1 aliphatic rings. The van der Waals surface area contributed by atoms with Crippen LogP contribution in [0.25, 0.3) is 0 Å². The Kier molecular flexibility index (Phi) is 5.80. The summed E-state index contributed by atoms with van der Waals surface area (Å²) in [5.41, 5.74) is 2.31. The SMILES string of the molecule is CSc1ccccc1NC(=O)C(=O)NC[C@@H](O)c1ccc2c(c1)CCO2. The summed E-state index contributed by atoms with van der Waals surface area (Å²) in [6, 6.07) is 12.7. The van der Waals surface area contributed by atoms with Gasteiger partial charge in [-0.25, -0.2) is 0 Å². The van der Waals surface area contributed by atoms with Crippen molar-refractivity contribution in [1.82, 2.24) is 5.32 Å². The van der Waals surface area contributed by atoms with Gasteiger partial charge in [-0.15, -0.1) is 11.8 Å². The number of ether oxygens (including phenoxy) is 1. The second-order valence-electron chi connectivity index (χ2n) is 5.85. The lowest BCUT2D eigenvalue weighted by atomic mass is 10.0. The number of amides is 2. The smallest absolute Gasteiger partial charge is 0.313 e. The molecular weight excluding hydrogens is 352 g/mol. The van der Waals surface area contributed by atoms with E-state index in [1.807, 2.05) is 30.5 Å². The first-order chi connectivity index (χ1) is 12.6. The van der Waals surface area contributed by atoms with E-state index < -0.39 is 17.9 Å². The molecule has 0 saturated carbocycles. The monoisotopic (exact) mass is 372 g/mol. The van der Waals surface area contributed by atoms with Crippen molar-refractivity contribution in [3.05, 3.63) is 53.6 Å². The number of aliphatic hydroxyl groups excluding tert-OH is 1. The lowest BCUT2D eigenvalue weighted by molar-refractivity contribution is -0.136. The van der Waals surface area contributed by atoms with Crippen molar-refractivity contribution in [1.29, 1.82) is 0 Å². The number of rotatable bonds is 5. The maximum Gasteiger partial charge on any atom is 0.313 e. The molecule has 0 aromatic heterocycles. The molecule has 1 aliphatic heterocycles. The first-order valence-electron chi connectivity index (χ1n) is 8.24. The third kappa shape index (κ3) is 4.17. The van der Waals surface area contributed by atoms with E-state index in [9.17, 15) is 14.7 Å². The number of benzene rings is 2. The Labute approximate surface area is 155 Å². The van der Waals surface area contributed by atoms with E-state index in [-0.39, 0.29) is 6.54 Å². The highest BCUT2D eigenvalue weighted by Crippen LogP contribution is 2.28. The van der Waals surface area contributed by atoms with Crippen LogP contribution in [0, 0.1) is 0 Å². The zero-order chi connectivity index (χ0) is 18.5. The Morgan fingerprint density at radius 1 is 1.23 bits per heavy atom. The van der Waals surface area contributed by atoms with Crippen molar-refractivity contribution in [3.8, 4) is 5.75 Å². The van der Waals surface area contributed by atoms with Gasteiger partial charge in [0, 0.05) is 17.9 Å². The first kappa shape index (κ1) is 18.3. The highest BCUT2D eigenvalue weighted by molar-refractivity contribution is 7.98. The van der Waals surface area contributed by atoms with Crippen molar-refractivity contribution in [2.24, 2.45) is 0 Å². The average molecular weight is 372 g/mol. The number of fused-ring (bicyclic) bond motifs is 1. The third-order valence-electron chi connectivity index (χ3n) is 4.12. The quantitative estimate of drug-likeness (QED) is 0.553. The molecule has 0 saturated heterocycles. The molecular formula is C19H20N2O4S. The molecule has 136 valence electrons. The summed E-state index contributed by atoms with van der Waals surface area (Å²) < 4.78 is 5.43. The summed E-state index contributed by atoms with van der Waals surface area (Å²) in [6.07, 6.45) is 1.80. The average Bonchev–Trinajstić information content (AvgIpc) is 3.13. The molecule has 0 aliphatic carbocycles. The molecule has 2 amide bonds. The number of carbonyl (C=O) groups excluding carboxylic acids is 2. The summed E-state index contributed by atoms with van der Waals surface area (Å²) in [5, 5.41) is 15.3. The molecule has 26 heavy (non-hydrogen) atoms. The highest BCUT2D eigenvalue weighted by Gasteiger charge is 2.19. The first-order valence-corrected chi connectivity index (χ1v) is 9.47. The van der Waals surface area contributed by atoms with Crippen molar-refractivity contribution in [3.63, 3.8) is 0 Å². The number of para-hydroxylation sites is 1. The topological polar surface area (TPSA) is 87.7 Å². The number of anilines is 1. The molecule has 0 radical (unpaired) electrons. The summed E-state index contributed by atoms with van der Waals surface area (Å²) in [7, 11) is 0. The Bertz CT molecular complexity index is 825. The van der Waals surface area contributed by atoms with Gasteiger partial charge in [-0.05, 0) is 41.6 Å². The van der Waals surface area contributed by atoms with Gasteiger partial charge in [0.15, 0.2) is 0 Å². The molecule has 6 nitrogen and oxygen atoms in total. The number of carbonyl (C=O) groups is 2. The maximum atomic E-state index is 12.1. The van der Waals surface area contributed by atoms with E-state index in [0.717, 1.165) is 22.6 Å². The van der Waals surface area contributed by atoms with Crippen LogP contribution in [0.4, 0.5) is 5.69 Å². The fourth-order valence-corrected chi connectivity index (χ4v) is 3.28. The molecule has 0 fully saturated rings. The van der Waals surface area contributed by atoms with Crippen molar-refractivity contribution >= 4 is 29.3 Å². The minimum Gasteiger partial charge on any atom is -0.493 e. The molecule has 0 unspecified atom stereocenters. The van der Waals surface area contributed by atoms with E-state index in [1.54, 1.807) is 18.2 Å². The molecule has 0 bridgehead atoms. The van der Waals surface area contributed by atoms with Crippen LogP contribution in [0.15, 0.2) is 47.4 Å². The van der Waals surface area contributed by atoms with E-state index in [4.69, 9.17) is 4.74 Å². The van der Waals surface area contributed by atoms with Crippen LogP contribution < -0.4 is 15.4 Å². The molecule has 1 heterocycles. The zero-order valence-electron chi connectivity index (χ0n) is 14.3. The largest absolute Gasteiger partial charge is 0.493 e. The van der Waals surface area contributed by atoms with Crippen molar-refractivity contribution < 1.29 is 19.4 Å². The van der Waals surface area contributed by atoms with Gasteiger partial charge in [-0.1, -0.05) is 18.2 Å². The highest BCUT2D eigenvalue weighted by atomic mass is 32.2. The second-order valence-corrected chi connectivity index (χ2v) is 6.69. The van der Waals surface area contributed by atoms with Gasteiger partial charge in [0.25, 0.3) is 0 Å². The van der Waals surface area contributed by atoms with Crippen LogP contribution in [0.2, 0.25) is 0 Å². The van der Waals surface area contributed by atoms with Crippen LogP contribution in [-0.4, -0.2) is 36.3 Å². The number of hydrogen-bond acceptors (Lipinski definition) is 5. The molecule has 1 atom stereocenters. The Morgan fingerprint density at radius 3 is 2.85 bits per heavy atom. The Morgan fingerprint density at radius 2 is 2.04 bits per heavy atom. The zero-order valence-corrected chi connectivity index (χ0v) is 15.1. The number of aliphatic hydroxyl groups is 1. The van der Waals surface area contributed by atoms with E-state index in [2.05, 4.69) is 10.6 Å². The lowest BCUT2D eigenvalue weighted by Gasteiger charge is -2.14. The van der Waals surface area contributed by atoms with Crippen molar-refractivity contribution in [2.75, 3.05) is 24.7 Å². The van der Waals surface area contributed by atoms with E-state index >= 15 is 0 Å². The van der Waals surface area contributed by atoms with E-state index in [1.165, 1.54) is 11.8 Å². The van der Waals surface area contributed by atoms with Crippen LogP contribution >= 0.6 is 11.8 Å². The number of nitrogens with one attached hydrogen (secondary N) is 2. The molecule has 7 heteroatoms. The van der Waals surface area contributed by atoms with Gasteiger partial charge >= 0.3 is 11.8 Å². The van der Waals surface area contributed by atoms with E-state index in [0.29, 0.717) is 17.9 Å². The molecule has 3 rings (SSSR count). The second kappa shape index (κ2) is 8.25. The van der Waals surface area contributed by atoms with Gasteiger partial charge in [0.2, 0.25) is 0 Å². The molecule has 0 spiro atoms. The normalized spacial score (nSPS) is 13.5. The summed E-state index contributed by atoms with van der Waals surface area (Å²) >= 11 is 1.48. The van der Waals surface area contributed by atoms with Gasteiger partial charge < -0.3 is 20.5 Å². The minimum absolute atomic E-state index is 0.0456. The summed E-state index contributed by atoms with van der Waals surface area (Å²) in [5.74, 6) is -0.720. The van der Waals surface area contributed by atoms with Crippen LogP contribution in [-0.2, 0) is 16.0 Å². The summed E-state index contributed by atoms with van der Waals surface area (Å²) in [4.78, 5) is 24.9. The Balaban J connectivity index is 1.55. The fourth-order valence-electron chi connectivity index (χ4n) is 2.73. The molecule has 2 aromatic rings. The van der Waals surface area contributed by atoms with Gasteiger partial charge in [-0.2, -0.15) is 0 Å². The number of hydrogen-bond donors (Lipinski definition) is 3. The Hall–Kier alpha value is -2.51. The minimum atomic E-state index is -0.892. The third-order valence-corrected chi connectivity index (χ3v) is 4.91. The maximum absolute atomic E-state index is 12.1. The van der Waals surface area contributed by atoms with Gasteiger partial charge in [0.05, 0.1) is 18.4 Å². The summed E-state index contributed by atoms with van der Waals surface area (Å²) in [6.45, 7) is 0.597. The van der Waals surface area contributed by atoms with Gasteiger partial charge in [0.1, 0.15) is 5.75 Å². The molecule has 2 aromatic carbocycles. The fraction of sp³-hybridized carbons (Fsp3) is 0.263. The predicted molar refractivity (Wildman–Crippen MR) is 100 cm³/mol. The van der Waals surface area contributed by atoms with Crippen LogP contribution in [0.1, 0.15) is 17.2 Å². The standard InChI is InChI=1S/C19H20N2O4S/c1-26-17-5-3-2-4-14(17)21-19(24)18(23)20-11-15(22)12-6-7-16-13(10-12)8-9-25-16/h2-7,10,15,22H,8-9,11H2,1H3,(H,20,23)(H,21,24)/t15-/m1/s1. The molecule has 3 N–H and O–H groups in total. The predicted octanol–water partition coefficient (Wildman–Crippen LogP) is 2.13. The van der Waals surface area contributed by atoms with Gasteiger partial charge in [-0.3, -0.25) is 9.59 Å². The number of thioether (sulfide) groups is 1. The van der Waals surface area contributed by atoms with Crippen molar-refractivity contribution in [2.45, 2.75) is 17.4 Å².